The number of halogens is 1. The van der Waals surface area contributed by atoms with E-state index >= 15 is 0 Å². The fourth-order valence-electron chi connectivity index (χ4n) is 1.44. The van der Waals surface area contributed by atoms with E-state index in [9.17, 15) is 14.9 Å². The van der Waals surface area contributed by atoms with E-state index in [1.54, 1.807) is 18.2 Å². The molecule has 2 rings (SSSR count). The summed E-state index contributed by atoms with van der Waals surface area (Å²) < 4.78 is 0.272. The zero-order valence-electron chi connectivity index (χ0n) is 9.04. The lowest BCUT2D eigenvalue weighted by atomic mass is 10.1. The summed E-state index contributed by atoms with van der Waals surface area (Å²) in [6, 6.07) is 9.15. The number of carbonyl (C=O) groups excluding carboxylic acids is 1. The summed E-state index contributed by atoms with van der Waals surface area (Å²) in [6.45, 7) is 0. The van der Waals surface area contributed by atoms with Gasteiger partial charge in [-0.25, -0.2) is 0 Å². The van der Waals surface area contributed by atoms with Gasteiger partial charge in [0.2, 0.25) is 5.78 Å². The maximum atomic E-state index is 12.0. The van der Waals surface area contributed by atoms with Crippen molar-refractivity contribution >= 4 is 27.4 Å². The number of rotatable bonds is 3. The Kier molecular flexibility index (Phi) is 3.47. The molecule has 0 atom stereocenters. The summed E-state index contributed by atoms with van der Waals surface area (Å²) >= 11 is 3.07. The van der Waals surface area contributed by atoms with Crippen LogP contribution in [-0.2, 0) is 0 Å². The molecule has 1 heterocycles. The van der Waals surface area contributed by atoms with E-state index in [0.717, 1.165) is 0 Å². The third-order valence-electron chi connectivity index (χ3n) is 2.30. The summed E-state index contributed by atoms with van der Waals surface area (Å²) in [5.41, 5.74) is 0.581. The van der Waals surface area contributed by atoms with Crippen molar-refractivity contribution < 1.29 is 9.72 Å². The molecule has 0 saturated carbocycles. The van der Waals surface area contributed by atoms with Crippen LogP contribution in [0.25, 0.3) is 0 Å². The predicted octanol–water partition coefficient (Wildman–Crippen LogP) is 2.98. The van der Waals surface area contributed by atoms with E-state index < -0.39 is 4.92 Å². The Morgan fingerprint density at radius 3 is 2.61 bits per heavy atom. The molecule has 0 aliphatic carbocycles. The molecule has 0 aliphatic heterocycles. The number of hydrogen-bond donors (Lipinski definition) is 0. The van der Waals surface area contributed by atoms with E-state index in [-0.39, 0.29) is 15.9 Å². The Hall–Kier alpha value is -2.08. The van der Waals surface area contributed by atoms with Crippen LogP contribution in [0.1, 0.15) is 16.1 Å². The fourth-order valence-corrected chi connectivity index (χ4v) is 1.96. The van der Waals surface area contributed by atoms with E-state index in [0.29, 0.717) is 11.3 Å². The molecule has 0 unspecified atom stereocenters. The first-order valence-electron chi connectivity index (χ1n) is 4.99. The van der Waals surface area contributed by atoms with Gasteiger partial charge >= 0.3 is 0 Å². The van der Waals surface area contributed by atoms with Crippen molar-refractivity contribution in [3.05, 3.63) is 68.4 Å². The SMILES string of the molecule is O=C(c1ccc([N+](=O)[O-])c(Br)c1)c1ccccn1. The van der Waals surface area contributed by atoms with Crippen LogP contribution in [0.4, 0.5) is 5.69 Å². The zero-order chi connectivity index (χ0) is 13.1. The summed E-state index contributed by atoms with van der Waals surface area (Å²) in [5, 5.41) is 10.7. The van der Waals surface area contributed by atoms with Gasteiger partial charge < -0.3 is 0 Å². The van der Waals surface area contributed by atoms with Crippen LogP contribution < -0.4 is 0 Å². The Balaban J connectivity index is 2.39. The second kappa shape index (κ2) is 5.05. The molecule has 18 heavy (non-hydrogen) atoms. The van der Waals surface area contributed by atoms with Gasteiger partial charge in [0.15, 0.2) is 0 Å². The second-order valence-corrected chi connectivity index (χ2v) is 4.32. The molecule has 0 spiro atoms. The van der Waals surface area contributed by atoms with Crippen molar-refractivity contribution in [3.8, 4) is 0 Å². The Bertz CT molecular complexity index is 614. The standard InChI is InChI=1S/C12H7BrN2O3/c13-9-7-8(4-5-11(9)15(17)18)12(16)10-3-1-2-6-14-10/h1-7H. The van der Waals surface area contributed by atoms with Crippen LogP contribution in [0, 0.1) is 10.1 Å². The number of carbonyl (C=O) groups is 1. The van der Waals surface area contributed by atoms with Crippen molar-refractivity contribution in [2.75, 3.05) is 0 Å². The summed E-state index contributed by atoms with van der Waals surface area (Å²) in [7, 11) is 0. The average Bonchev–Trinajstić information content (AvgIpc) is 2.38. The number of aromatic nitrogens is 1. The molecular weight excluding hydrogens is 300 g/mol. The average molecular weight is 307 g/mol. The number of nitrogens with zero attached hydrogens (tertiary/aromatic N) is 2. The minimum absolute atomic E-state index is 0.0763. The Labute approximate surface area is 111 Å². The van der Waals surface area contributed by atoms with Gasteiger partial charge in [0.1, 0.15) is 5.69 Å². The van der Waals surface area contributed by atoms with Crippen molar-refractivity contribution in [1.29, 1.82) is 0 Å². The van der Waals surface area contributed by atoms with Gasteiger partial charge in [0.05, 0.1) is 9.40 Å². The number of nitro groups is 1. The number of nitro benzene ring substituents is 1. The van der Waals surface area contributed by atoms with Gasteiger partial charge in [0, 0.05) is 17.8 Å². The number of pyridine rings is 1. The quantitative estimate of drug-likeness (QED) is 0.496. The highest BCUT2D eigenvalue weighted by atomic mass is 79.9. The first kappa shape index (κ1) is 12.4. The van der Waals surface area contributed by atoms with Crippen molar-refractivity contribution in [2.45, 2.75) is 0 Å². The van der Waals surface area contributed by atoms with Crippen LogP contribution in [0.3, 0.4) is 0 Å². The van der Waals surface area contributed by atoms with Crippen LogP contribution in [-0.4, -0.2) is 15.7 Å². The molecule has 0 bridgehead atoms. The molecule has 90 valence electrons. The number of ketones is 1. The molecule has 0 aliphatic rings. The van der Waals surface area contributed by atoms with Crippen LogP contribution in [0.5, 0.6) is 0 Å². The normalized spacial score (nSPS) is 10.1. The lowest BCUT2D eigenvalue weighted by Crippen LogP contribution is -2.04. The highest BCUT2D eigenvalue weighted by Gasteiger charge is 2.16. The van der Waals surface area contributed by atoms with Gasteiger partial charge in [0.25, 0.3) is 5.69 Å². The minimum atomic E-state index is -0.515. The molecule has 1 aromatic carbocycles. The molecule has 0 saturated heterocycles. The van der Waals surface area contributed by atoms with E-state index in [4.69, 9.17) is 0 Å². The van der Waals surface area contributed by atoms with E-state index in [1.807, 2.05) is 0 Å². The van der Waals surface area contributed by atoms with Crippen molar-refractivity contribution in [1.82, 2.24) is 4.98 Å². The molecular formula is C12H7BrN2O3. The van der Waals surface area contributed by atoms with Crippen LogP contribution >= 0.6 is 15.9 Å². The Morgan fingerprint density at radius 2 is 2.06 bits per heavy atom. The van der Waals surface area contributed by atoms with Gasteiger partial charge in [-0.05, 0) is 40.2 Å². The first-order chi connectivity index (χ1) is 8.59. The van der Waals surface area contributed by atoms with Crippen LogP contribution in [0.15, 0.2) is 47.1 Å². The highest BCUT2D eigenvalue weighted by Crippen LogP contribution is 2.26. The first-order valence-corrected chi connectivity index (χ1v) is 5.78. The lowest BCUT2D eigenvalue weighted by Gasteiger charge is -2.01. The molecule has 5 nitrogen and oxygen atoms in total. The largest absolute Gasteiger partial charge is 0.287 e. The molecule has 0 N–H and O–H groups in total. The maximum Gasteiger partial charge on any atom is 0.283 e. The monoisotopic (exact) mass is 306 g/mol. The molecule has 2 aromatic rings. The van der Waals surface area contributed by atoms with Gasteiger partial charge in [-0.15, -0.1) is 0 Å². The fraction of sp³-hybridized carbons (Fsp3) is 0. The van der Waals surface area contributed by atoms with E-state index in [2.05, 4.69) is 20.9 Å². The zero-order valence-corrected chi connectivity index (χ0v) is 10.6. The third kappa shape index (κ3) is 2.43. The number of hydrogen-bond acceptors (Lipinski definition) is 4. The van der Waals surface area contributed by atoms with Crippen LogP contribution in [0.2, 0.25) is 0 Å². The smallest absolute Gasteiger partial charge is 0.283 e. The van der Waals surface area contributed by atoms with Crippen molar-refractivity contribution in [3.63, 3.8) is 0 Å². The summed E-state index contributed by atoms with van der Waals surface area (Å²) in [5.74, 6) is -0.272. The molecule has 1 aromatic heterocycles. The highest BCUT2D eigenvalue weighted by molar-refractivity contribution is 9.10. The minimum Gasteiger partial charge on any atom is -0.287 e. The van der Waals surface area contributed by atoms with Gasteiger partial charge in [-0.2, -0.15) is 0 Å². The third-order valence-corrected chi connectivity index (χ3v) is 2.94. The van der Waals surface area contributed by atoms with Gasteiger partial charge in [-0.3, -0.25) is 19.9 Å². The van der Waals surface area contributed by atoms with Gasteiger partial charge in [-0.1, -0.05) is 6.07 Å². The predicted molar refractivity (Wildman–Crippen MR) is 68.5 cm³/mol. The summed E-state index contributed by atoms with van der Waals surface area (Å²) in [4.78, 5) is 26.1. The molecule has 6 heteroatoms. The lowest BCUT2D eigenvalue weighted by molar-refractivity contribution is -0.385. The van der Waals surface area contributed by atoms with E-state index in [1.165, 1.54) is 24.4 Å². The summed E-state index contributed by atoms with van der Waals surface area (Å²) in [6.07, 6.45) is 1.52. The number of benzene rings is 1. The Morgan fingerprint density at radius 1 is 1.28 bits per heavy atom. The molecule has 0 amide bonds. The topological polar surface area (TPSA) is 73.1 Å². The molecule has 0 radical (unpaired) electrons. The second-order valence-electron chi connectivity index (χ2n) is 3.47. The maximum absolute atomic E-state index is 12.0. The molecule has 0 fully saturated rings. The van der Waals surface area contributed by atoms with Crippen molar-refractivity contribution in [2.24, 2.45) is 0 Å².